The molecular weight excluding hydrogens is 184 g/mol. The predicted octanol–water partition coefficient (Wildman–Crippen LogP) is 3.92. The van der Waals surface area contributed by atoms with E-state index in [2.05, 4.69) is 12.3 Å². The molecule has 1 aromatic rings. The van der Waals surface area contributed by atoms with Crippen molar-refractivity contribution >= 4 is 5.57 Å². The fourth-order valence-electron chi connectivity index (χ4n) is 1.20. The highest BCUT2D eigenvalue weighted by Gasteiger charge is 1.94. The highest BCUT2D eigenvalue weighted by atomic mass is 16.3. The minimum Gasteiger partial charge on any atom is -0.508 e. The highest BCUT2D eigenvalue weighted by Crippen LogP contribution is 2.17. The number of allylic oxidation sites excluding steroid dienone is 2. The van der Waals surface area contributed by atoms with Gasteiger partial charge in [-0.3, -0.25) is 0 Å². The average molecular weight is 200 g/mol. The van der Waals surface area contributed by atoms with E-state index in [0.717, 1.165) is 23.1 Å². The lowest BCUT2D eigenvalue weighted by molar-refractivity contribution is 0.475. The quantitative estimate of drug-likeness (QED) is 0.579. The summed E-state index contributed by atoms with van der Waals surface area (Å²) in [4.78, 5) is 0. The number of aromatic hydroxyl groups is 1. The lowest BCUT2D eigenvalue weighted by Crippen LogP contribution is -1.76. The van der Waals surface area contributed by atoms with E-state index in [1.54, 1.807) is 12.1 Å². The fourth-order valence-corrected chi connectivity index (χ4v) is 1.20. The van der Waals surface area contributed by atoms with Crippen LogP contribution in [0.4, 0.5) is 0 Å². The highest BCUT2D eigenvalue weighted by molar-refractivity contribution is 5.64. The number of rotatable bonds is 3. The molecule has 0 saturated carbocycles. The van der Waals surface area contributed by atoms with Crippen LogP contribution in [0.25, 0.3) is 5.57 Å². The third-order valence-corrected chi connectivity index (χ3v) is 2.05. The Labute approximate surface area is 91.1 Å². The molecule has 0 unspecified atom stereocenters. The van der Waals surface area contributed by atoms with Crippen LogP contribution in [0.2, 0.25) is 0 Å². The second-order valence-electron chi connectivity index (χ2n) is 3.69. The van der Waals surface area contributed by atoms with Crippen molar-refractivity contribution in [1.82, 2.24) is 0 Å². The molecule has 0 saturated heterocycles. The Bertz CT molecular complexity index is 421. The minimum absolute atomic E-state index is 0.286. The van der Waals surface area contributed by atoms with Gasteiger partial charge < -0.3 is 5.11 Å². The van der Waals surface area contributed by atoms with Crippen LogP contribution in [-0.2, 0) is 0 Å². The normalized spacial score (nSPS) is 9.20. The molecule has 0 aromatic heterocycles. The lowest BCUT2D eigenvalue weighted by Gasteiger charge is -1.98. The third kappa shape index (κ3) is 3.88. The molecule has 78 valence electrons. The second kappa shape index (κ2) is 5.23. The van der Waals surface area contributed by atoms with Gasteiger partial charge in [-0.05, 0) is 49.6 Å². The van der Waals surface area contributed by atoms with Crippen LogP contribution in [0.3, 0.4) is 0 Å². The van der Waals surface area contributed by atoms with Gasteiger partial charge in [-0.2, -0.15) is 0 Å². The first-order valence-electron chi connectivity index (χ1n) is 4.95. The van der Waals surface area contributed by atoms with Crippen molar-refractivity contribution in [2.75, 3.05) is 0 Å². The van der Waals surface area contributed by atoms with Gasteiger partial charge >= 0.3 is 0 Å². The van der Waals surface area contributed by atoms with E-state index in [1.165, 1.54) is 0 Å². The first-order chi connectivity index (χ1) is 7.09. The molecule has 0 bridgehead atoms. The molecule has 1 rings (SSSR count). The van der Waals surface area contributed by atoms with Crippen LogP contribution in [-0.4, -0.2) is 5.11 Å². The van der Waals surface area contributed by atoms with Gasteiger partial charge in [0.15, 0.2) is 0 Å². The number of phenolic OH excluding ortho intramolecular Hbond substituents is 1. The van der Waals surface area contributed by atoms with Crippen LogP contribution in [0.1, 0.15) is 25.8 Å². The van der Waals surface area contributed by atoms with Gasteiger partial charge in [0.05, 0.1) is 0 Å². The molecular formula is C14H16O. The van der Waals surface area contributed by atoms with Crippen molar-refractivity contribution < 1.29 is 5.11 Å². The Morgan fingerprint density at radius 1 is 1.47 bits per heavy atom. The first-order valence-corrected chi connectivity index (χ1v) is 4.95. The molecule has 0 heterocycles. The monoisotopic (exact) mass is 200 g/mol. The summed E-state index contributed by atoms with van der Waals surface area (Å²) in [7, 11) is 0. The first kappa shape index (κ1) is 11.4. The third-order valence-electron chi connectivity index (χ3n) is 2.05. The Morgan fingerprint density at radius 3 is 2.80 bits per heavy atom. The summed E-state index contributed by atoms with van der Waals surface area (Å²) in [5.41, 5.74) is 6.31. The van der Waals surface area contributed by atoms with E-state index in [1.807, 2.05) is 32.1 Å². The Morgan fingerprint density at radius 2 is 2.20 bits per heavy atom. The topological polar surface area (TPSA) is 20.2 Å². The summed E-state index contributed by atoms with van der Waals surface area (Å²) in [5.74, 6) is 0.286. The zero-order valence-electron chi connectivity index (χ0n) is 9.25. The molecule has 0 amide bonds. The minimum atomic E-state index is 0.286. The SMILES string of the molecule is C=C(C)CC=C=C(C)c1cccc(O)c1. The number of phenols is 1. The molecule has 0 fully saturated rings. The smallest absolute Gasteiger partial charge is 0.116 e. The summed E-state index contributed by atoms with van der Waals surface area (Å²) in [6, 6.07) is 7.18. The Balaban J connectivity index is 2.89. The van der Waals surface area contributed by atoms with Crippen molar-refractivity contribution in [1.29, 1.82) is 0 Å². The summed E-state index contributed by atoms with van der Waals surface area (Å²) < 4.78 is 0. The Hall–Kier alpha value is -1.72. The summed E-state index contributed by atoms with van der Waals surface area (Å²) >= 11 is 0. The summed E-state index contributed by atoms with van der Waals surface area (Å²) in [6.45, 7) is 7.78. The van der Waals surface area contributed by atoms with Crippen molar-refractivity contribution in [3.05, 3.63) is 53.8 Å². The summed E-state index contributed by atoms with van der Waals surface area (Å²) in [6.07, 6.45) is 2.80. The van der Waals surface area contributed by atoms with Crippen molar-refractivity contribution in [2.45, 2.75) is 20.3 Å². The van der Waals surface area contributed by atoms with Gasteiger partial charge in [0.1, 0.15) is 5.75 Å². The summed E-state index contributed by atoms with van der Waals surface area (Å²) in [5, 5.41) is 9.31. The Kier molecular flexibility index (Phi) is 3.96. The molecule has 0 radical (unpaired) electrons. The van der Waals surface area contributed by atoms with Crippen LogP contribution in [0.5, 0.6) is 5.75 Å². The second-order valence-corrected chi connectivity index (χ2v) is 3.69. The number of hydrogen-bond donors (Lipinski definition) is 1. The molecule has 0 aliphatic rings. The van der Waals surface area contributed by atoms with Gasteiger partial charge in [0, 0.05) is 0 Å². The lowest BCUT2D eigenvalue weighted by atomic mass is 10.1. The number of benzene rings is 1. The van der Waals surface area contributed by atoms with E-state index in [0.29, 0.717) is 0 Å². The van der Waals surface area contributed by atoms with Crippen molar-refractivity contribution in [2.24, 2.45) is 0 Å². The van der Waals surface area contributed by atoms with Crippen LogP contribution in [0.15, 0.2) is 48.2 Å². The number of hydrogen-bond acceptors (Lipinski definition) is 1. The zero-order valence-corrected chi connectivity index (χ0v) is 9.25. The van der Waals surface area contributed by atoms with E-state index in [4.69, 9.17) is 0 Å². The molecule has 0 atom stereocenters. The molecule has 0 aliphatic carbocycles. The molecule has 1 nitrogen and oxygen atoms in total. The van der Waals surface area contributed by atoms with Gasteiger partial charge in [-0.15, -0.1) is 5.73 Å². The molecule has 0 aliphatic heterocycles. The van der Waals surface area contributed by atoms with Crippen LogP contribution in [0, 0.1) is 0 Å². The van der Waals surface area contributed by atoms with Gasteiger partial charge in [-0.25, -0.2) is 0 Å². The molecule has 0 spiro atoms. The molecule has 1 N–H and O–H groups in total. The maximum absolute atomic E-state index is 9.31. The maximum atomic E-state index is 9.31. The van der Waals surface area contributed by atoms with Crippen molar-refractivity contribution in [3.8, 4) is 5.75 Å². The van der Waals surface area contributed by atoms with E-state index in [-0.39, 0.29) is 5.75 Å². The van der Waals surface area contributed by atoms with E-state index in [9.17, 15) is 5.11 Å². The average Bonchev–Trinajstić information content (AvgIpc) is 2.17. The van der Waals surface area contributed by atoms with Gasteiger partial charge in [0.25, 0.3) is 0 Å². The van der Waals surface area contributed by atoms with Crippen LogP contribution < -0.4 is 0 Å². The van der Waals surface area contributed by atoms with Gasteiger partial charge in [-0.1, -0.05) is 24.3 Å². The van der Waals surface area contributed by atoms with Crippen LogP contribution >= 0.6 is 0 Å². The van der Waals surface area contributed by atoms with Crippen molar-refractivity contribution in [3.63, 3.8) is 0 Å². The standard InChI is InChI=1S/C14H16O/c1-11(2)6-4-7-12(3)13-8-5-9-14(15)10-13/h4-5,8-10,15H,1,6H2,2-3H3. The largest absolute Gasteiger partial charge is 0.508 e. The zero-order chi connectivity index (χ0) is 11.3. The van der Waals surface area contributed by atoms with Gasteiger partial charge in [0.2, 0.25) is 0 Å². The van der Waals surface area contributed by atoms with E-state index < -0.39 is 0 Å². The predicted molar refractivity (Wildman–Crippen MR) is 64.7 cm³/mol. The molecule has 15 heavy (non-hydrogen) atoms. The van der Waals surface area contributed by atoms with E-state index >= 15 is 0 Å². The fraction of sp³-hybridized carbons (Fsp3) is 0.214. The molecule has 1 aromatic carbocycles. The molecule has 1 heteroatoms. The maximum Gasteiger partial charge on any atom is 0.116 e.